The van der Waals surface area contributed by atoms with Crippen molar-refractivity contribution in [1.29, 1.82) is 0 Å². The fraction of sp³-hybridized carbons (Fsp3) is 0.500. The number of halogens is 1. The van der Waals surface area contributed by atoms with E-state index in [2.05, 4.69) is 18.7 Å². The van der Waals surface area contributed by atoms with Crippen LogP contribution in [0.25, 0.3) is 0 Å². The molecule has 0 aromatic heterocycles. The smallest absolute Gasteiger partial charge is 0.336 e. The molecule has 0 fully saturated rings. The van der Waals surface area contributed by atoms with Crippen LogP contribution in [0.4, 0.5) is 0 Å². The molecule has 1 aliphatic heterocycles. The van der Waals surface area contributed by atoms with Gasteiger partial charge in [0.1, 0.15) is 5.75 Å². The molecule has 32 heavy (non-hydrogen) atoms. The molecule has 0 unspecified atom stereocenters. The zero-order valence-electron chi connectivity index (χ0n) is 17.8. The Morgan fingerprint density at radius 1 is 1.12 bits per heavy atom. The molecule has 1 aromatic carbocycles. The van der Waals surface area contributed by atoms with Crippen LogP contribution in [0.1, 0.15) is 37.0 Å². The first kappa shape index (κ1) is 27.1. The maximum atomic E-state index is 12.3. The Labute approximate surface area is 189 Å². The average molecular weight is 475 g/mol. The number of carbonyl (C=O) groups excluding carboxylic acids is 1. The molecular formula is C20H27ClN2O9. The molecule has 12 heteroatoms. The van der Waals surface area contributed by atoms with Crippen LogP contribution in [0.15, 0.2) is 18.2 Å². The Balaban J connectivity index is 0.000000347. The summed E-state index contributed by atoms with van der Waals surface area (Å²) in [5.74, 6) is -4.40. The lowest BCUT2D eigenvalue weighted by Gasteiger charge is -2.30. The van der Waals surface area contributed by atoms with Crippen LogP contribution in [0.5, 0.6) is 5.75 Å². The number of carbonyl (C=O) groups is 4. The lowest BCUT2D eigenvalue weighted by Crippen LogP contribution is -2.43. The quantitative estimate of drug-likeness (QED) is 0.387. The van der Waals surface area contributed by atoms with Crippen molar-refractivity contribution in [3.8, 4) is 5.75 Å². The number of ether oxygens (including phenoxy) is 1. The Bertz CT molecular complexity index is 826. The summed E-state index contributed by atoms with van der Waals surface area (Å²) in [6.07, 6.45) is -2.29. The predicted octanol–water partition coefficient (Wildman–Crippen LogP) is 1.23. The lowest BCUT2D eigenvalue weighted by atomic mass is 9.96. The topological polar surface area (TPSA) is 165 Å². The van der Waals surface area contributed by atoms with Crippen LogP contribution in [-0.4, -0.2) is 92.6 Å². The first-order chi connectivity index (χ1) is 14.9. The van der Waals surface area contributed by atoms with Gasteiger partial charge in [-0.25, -0.2) is 4.79 Å². The van der Waals surface area contributed by atoms with E-state index in [-0.39, 0.29) is 5.91 Å². The summed E-state index contributed by atoms with van der Waals surface area (Å²) >= 11 is 5.93. The first-order valence-corrected chi connectivity index (χ1v) is 10.1. The number of nitrogens with zero attached hydrogens (tertiary/aromatic N) is 2. The molecule has 1 heterocycles. The molecule has 178 valence electrons. The molecule has 0 radical (unpaired) electrons. The number of fused-ring (bicyclic) bond motifs is 1. The van der Waals surface area contributed by atoms with Gasteiger partial charge in [0.25, 0.3) is 5.91 Å². The molecule has 0 spiro atoms. The Kier molecular flexibility index (Phi) is 10.4. The minimum absolute atomic E-state index is 0.00379. The van der Waals surface area contributed by atoms with Crippen molar-refractivity contribution >= 4 is 35.4 Å². The summed E-state index contributed by atoms with van der Waals surface area (Å²) in [5.41, 5.74) is -2.18. The summed E-state index contributed by atoms with van der Waals surface area (Å²) in [5, 5.41) is 34.4. The molecule has 4 N–H and O–H groups in total. The van der Waals surface area contributed by atoms with Gasteiger partial charge in [0.2, 0.25) is 0 Å². The molecule has 0 saturated heterocycles. The zero-order valence-corrected chi connectivity index (χ0v) is 18.5. The maximum absolute atomic E-state index is 12.3. The van der Waals surface area contributed by atoms with Gasteiger partial charge in [-0.3, -0.25) is 14.4 Å². The Morgan fingerprint density at radius 3 is 2.16 bits per heavy atom. The number of carboxylic acid groups (broad SMARTS) is 3. The molecule has 0 aliphatic carbocycles. The largest absolute Gasteiger partial charge is 0.481 e. The van der Waals surface area contributed by atoms with Crippen LogP contribution >= 0.6 is 11.6 Å². The average Bonchev–Trinajstić information content (AvgIpc) is 2.69. The van der Waals surface area contributed by atoms with Crippen molar-refractivity contribution in [2.45, 2.75) is 32.3 Å². The van der Waals surface area contributed by atoms with E-state index in [0.29, 0.717) is 29.6 Å². The molecule has 0 atom stereocenters. The summed E-state index contributed by atoms with van der Waals surface area (Å²) < 4.78 is 5.59. The molecule has 1 aliphatic rings. The maximum Gasteiger partial charge on any atom is 0.336 e. The van der Waals surface area contributed by atoms with Gasteiger partial charge < -0.3 is 35.0 Å². The summed E-state index contributed by atoms with van der Waals surface area (Å²) in [6, 6.07) is 5.15. The van der Waals surface area contributed by atoms with Crippen molar-refractivity contribution in [1.82, 2.24) is 9.80 Å². The Hall–Kier alpha value is -2.89. The van der Waals surface area contributed by atoms with Gasteiger partial charge in [0.05, 0.1) is 18.4 Å². The van der Waals surface area contributed by atoms with Gasteiger partial charge >= 0.3 is 17.9 Å². The number of hydrogen-bond acceptors (Lipinski definition) is 7. The molecular weight excluding hydrogens is 448 g/mol. The second-order valence-electron chi connectivity index (χ2n) is 6.99. The SMILES string of the molecule is CCN(CC)CCN1COc2ccc(Cl)cc2C1=O.O=C(O)CC(O)(CC(=O)O)C(=O)O. The van der Waals surface area contributed by atoms with Gasteiger partial charge in [0.15, 0.2) is 12.3 Å². The minimum Gasteiger partial charge on any atom is -0.481 e. The van der Waals surface area contributed by atoms with E-state index in [1.54, 1.807) is 23.1 Å². The van der Waals surface area contributed by atoms with E-state index in [9.17, 15) is 19.2 Å². The van der Waals surface area contributed by atoms with E-state index in [1.807, 2.05) is 0 Å². The molecule has 1 amide bonds. The van der Waals surface area contributed by atoms with Crippen molar-refractivity contribution in [3.05, 3.63) is 28.8 Å². The number of aliphatic carboxylic acids is 3. The number of aliphatic hydroxyl groups is 1. The van der Waals surface area contributed by atoms with Gasteiger partial charge in [-0.05, 0) is 31.3 Å². The summed E-state index contributed by atoms with van der Waals surface area (Å²) in [7, 11) is 0. The second kappa shape index (κ2) is 12.2. The van der Waals surface area contributed by atoms with Crippen LogP contribution in [0.2, 0.25) is 5.02 Å². The normalized spacial score (nSPS) is 13.0. The van der Waals surface area contributed by atoms with E-state index in [1.165, 1.54) is 0 Å². The first-order valence-electron chi connectivity index (χ1n) is 9.76. The van der Waals surface area contributed by atoms with Crippen molar-refractivity contribution in [2.24, 2.45) is 0 Å². The van der Waals surface area contributed by atoms with Crippen LogP contribution in [-0.2, 0) is 14.4 Å². The van der Waals surface area contributed by atoms with E-state index < -0.39 is 36.4 Å². The Morgan fingerprint density at radius 2 is 1.69 bits per heavy atom. The summed E-state index contributed by atoms with van der Waals surface area (Å²) in [4.78, 5) is 46.8. The molecule has 2 rings (SSSR count). The number of rotatable bonds is 10. The molecule has 1 aromatic rings. The van der Waals surface area contributed by atoms with Crippen LogP contribution < -0.4 is 4.74 Å². The minimum atomic E-state index is -2.74. The van der Waals surface area contributed by atoms with E-state index >= 15 is 0 Å². The lowest BCUT2D eigenvalue weighted by molar-refractivity contribution is -0.170. The van der Waals surface area contributed by atoms with Gasteiger partial charge in [0, 0.05) is 18.1 Å². The number of hydrogen-bond donors (Lipinski definition) is 4. The zero-order chi connectivity index (χ0) is 24.5. The van der Waals surface area contributed by atoms with E-state index in [0.717, 1.165) is 19.6 Å². The number of benzene rings is 1. The molecule has 0 bridgehead atoms. The highest BCUT2D eigenvalue weighted by molar-refractivity contribution is 6.31. The molecule has 11 nitrogen and oxygen atoms in total. The fourth-order valence-electron chi connectivity index (χ4n) is 2.85. The number of likely N-dealkylation sites (N-methyl/N-ethyl adjacent to an activating group) is 1. The molecule has 0 saturated carbocycles. The second-order valence-corrected chi connectivity index (χ2v) is 7.42. The van der Waals surface area contributed by atoms with E-state index in [4.69, 9.17) is 36.8 Å². The standard InChI is InChI=1S/C14H19ClN2O2.C6H8O7/c1-3-16(4-2)7-8-17-10-19-13-6-5-11(15)9-12(13)14(17)18;7-3(8)1-6(13,5(11)12)2-4(9)10/h5-6,9H,3-4,7-8,10H2,1-2H3;13H,1-2H2,(H,7,8)(H,9,10)(H,11,12). The predicted molar refractivity (Wildman–Crippen MR) is 113 cm³/mol. The highest BCUT2D eigenvalue weighted by Gasteiger charge is 2.40. The highest BCUT2D eigenvalue weighted by atomic mass is 35.5. The van der Waals surface area contributed by atoms with Crippen LogP contribution in [0, 0.1) is 0 Å². The fourth-order valence-corrected chi connectivity index (χ4v) is 3.03. The third-order valence-electron chi connectivity index (χ3n) is 4.70. The third-order valence-corrected chi connectivity index (χ3v) is 4.94. The summed E-state index contributed by atoms with van der Waals surface area (Å²) in [6.45, 7) is 8.06. The van der Waals surface area contributed by atoms with Gasteiger partial charge in [-0.1, -0.05) is 25.4 Å². The highest BCUT2D eigenvalue weighted by Crippen LogP contribution is 2.27. The van der Waals surface area contributed by atoms with Crippen molar-refractivity contribution < 1.29 is 44.3 Å². The number of carboxylic acids is 3. The van der Waals surface area contributed by atoms with Crippen molar-refractivity contribution in [2.75, 3.05) is 32.9 Å². The van der Waals surface area contributed by atoms with Gasteiger partial charge in [-0.15, -0.1) is 0 Å². The van der Waals surface area contributed by atoms with Crippen LogP contribution in [0.3, 0.4) is 0 Å². The van der Waals surface area contributed by atoms with Gasteiger partial charge in [-0.2, -0.15) is 0 Å². The monoisotopic (exact) mass is 474 g/mol. The van der Waals surface area contributed by atoms with Crippen molar-refractivity contribution in [3.63, 3.8) is 0 Å². The third kappa shape index (κ3) is 7.98. The number of amides is 1.